The molecule has 1 aromatic rings. The van der Waals surface area contributed by atoms with E-state index in [2.05, 4.69) is 23.7 Å². The topological polar surface area (TPSA) is 36.4 Å². The average molecular weight is 240 g/mol. The van der Waals surface area contributed by atoms with Crippen molar-refractivity contribution in [2.75, 3.05) is 11.4 Å². The molecule has 4 heteroatoms. The Kier molecular flexibility index (Phi) is 3.50. The molecule has 0 spiro atoms. The Morgan fingerprint density at radius 3 is 2.88 bits per heavy atom. The SMILES string of the molecule is Cc1nc(N2CCCC2C(C)C)sc1CO. The van der Waals surface area contributed by atoms with Crippen LogP contribution in [0.25, 0.3) is 0 Å². The Morgan fingerprint density at radius 2 is 2.31 bits per heavy atom. The summed E-state index contributed by atoms with van der Waals surface area (Å²) in [5.74, 6) is 0.671. The molecule has 1 saturated heterocycles. The maximum absolute atomic E-state index is 9.20. The monoisotopic (exact) mass is 240 g/mol. The Bertz CT molecular complexity index is 362. The van der Waals surface area contributed by atoms with Crippen LogP contribution in [-0.2, 0) is 6.61 Å². The van der Waals surface area contributed by atoms with Crippen molar-refractivity contribution in [3.05, 3.63) is 10.6 Å². The molecule has 1 N–H and O–H groups in total. The van der Waals surface area contributed by atoms with E-state index in [4.69, 9.17) is 0 Å². The number of anilines is 1. The summed E-state index contributed by atoms with van der Waals surface area (Å²) in [4.78, 5) is 8.00. The lowest BCUT2D eigenvalue weighted by molar-refractivity contribution is 0.284. The first-order valence-electron chi connectivity index (χ1n) is 5.97. The predicted octanol–water partition coefficient (Wildman–Crippen LogP) is 2.57. The maximum atomic E-state index is 9.20. The van der Waals surface area contributed by atoms with Crippen LogP contribution in [0.15, 0.2) is 0 Å². The average Bonchev–Trinajstić information content (AvgIpc) is 2.82. The number of aromatic nitrogens is 1. The zero-order chi connectivity index (χ0) is 11.7. The molecule has 0 amide bonds. The van der Waals surface area contributed by atoms with Crippen molar-refractivity contribution < 1.29 is 5.11 Å². The molecule has 3 nitrogen and oxygen atoms in total. The molecular weight excluding hydrogens is 220 g/mol. The highest BCUT2D eigenvalue weighted by molar-refractivity contribution is 7.15. The van der Waals surface area contributed by atoms with Crippen molar-refractivity contribution >= 4 is 16.5 Å². The molecular formula is C12H20N2OS. The molecule has 1 aliphatic rings. The standard InChI is InChI=1S/C12H20N2OS/c1-8(2)10-5-4-6-14(10)12-13-9(3)11(7-15)16-12/h8,10,15H,4-7H2,1-3H3. The molecule has 16 heavy (non-hydrogen) atoms. The molecule has 1 unspecified atom stereocenters. The Balaban J connectivity index is 2.22. The van der Waals surface area contributed by atoms with Gasteiger partial charge < -0.3 is 10.0 Å². The number of hydrogen-bond acceptors (Lipinski definition) is 4. The van der Waals surface area contributed by atoms with E-state index in [0.717, 1.165) is 22.2 Å². The molecule has 0 radical (unpaired) electrons. The summed E-state index contributed by atoms with van der Waals surface area (Å²) < 4.78 is 0. The van der Waals surface area contributed by atoms with E-state index in [0.29, 0.717) is 12.0 Å². The van der Waals surface area contributed by atoms with Crippen molar-refractivity contribution in [1.29, 1.82) is 0 Å². The lowest BCUT2D eigenvalue weighted by Gasteiger charge is -2.27. The third-order valence-electron chi connectivity index (χ3n) is 3.34. The fourth-order valence-corrected chi connectivity index (χ4v) is 3.41. The molecule has 1 atom stereocenters. The summed E-state index contributed by atoms with van der Waals surface area (Å²) in [6.07, 6.45) is 2.53. The molecule has 1 aliphatic heterocycles. The highest BCUT2D eigenvalue weighted by Crippen LogP contribution is 2.33. The summed E-state index contributed by atoms with van der Waals surface area (Å²) in [6.45, 7) is 7.75. The van der Waals surface area contributed by atoms with Gasteiger partial charge >= 0.3 is 0 Å². The van der Waals surface area contributed by atoms with Crippen LogP contribution < -0.4 is 4.90 Å². The highest BCUT2D eigenvalue weighted by atomic mass is 32.1. The van der Waals surface area contributed by atoms with Gasteiger partial charge in [0.25, 0.3) is 0 Å². The van der Waals surface area contributed by atoms with E-state index in [1.54, 1.807) is 11.3 Å². The van der Waals surface area contributed by atoms with Crippen LogP contribution in [0.4, 0.5) is 5.13 Å². The largest absolute Gasteiger partial charge is 0.391 e. The van der Waals surface area contributed by atoms with Gasteiger partial charge in [-0.25, -0.2) is 4.98 Å². The number of aryl methyl sites for hydroxylation is 1. The Labute approximate surface area is 101 Å². The predicted molar refractivity (Wildman–Crippen MR) is 68.0 cm³/mol. The number of nitrogens with zero attached hydrogens (tertiary/aromatic N) is 2. The van der Waals surface area contributed by atoms with Gasteiger partial charge in [0.1, 0.15) is 0 Å². The zero-order valence-electron chi connectivity index (χ0n) is 10.2. The second-order valence-corrected chi connectivity index (χ2v) is 5.87. The first kappa shape index (κ1) is 11.9. The van der Waals surface area contributed by atoms with Crippen LogP contribution in [0.3, 0.4) is 0 Å². The van der Waals surface area contributed by atoms with Gasteiger partial charge in [-0.05, 0) is 25.7 Å². The number of thiazole rings is 1. The van der Waals surface area contributed by atoms with Gasteiger partial charge in [-0.3, -0.25) is 0 Å². The first-order chi connectivity index (χ1) is 7.63. The third-order valence-corrected chi connectivity index (χ3v) is 4.52. The summed E-state index contributed by atoms with van der Waals surface area (Å²) in [6, 6.07) is 0.622. The molecule has 2 heterocycles. The normalized spacial score (nSPS) is 21.1. The van der Waals surface area contributed by atoms with Crippen LogP contribution in [0.2, 0.25) is 0 Å². The Hall–Kier alpha value is -0.610. The summed E-state index contributed by atoms with van der Waals surface area (Å²) in [5.41, 5.74) is 0.983. The second kappa shape index (κ2) is 4.72. The number of aliphatic hydroxyl groups excluding tert-OH is 1. The van der Waals surface area contributed by atoms with Gasteiger partial charge in [-0.15, -0.1) is 0 Å². The summed E-state index contributed by atoms with van der Waals surface area (Å²) in [5, 5.41) is 10.3. The number of rotatable bonds is 3. The van der Waals surface area contributed by atoms with Gasteiger partial charge in [0.2, 0.25) is 0 Å². The Morgan fingerprint density at radius 1 is 1.56 bits per heavy atom. The molecule has 1 aromatic heterocycles. The second-order valence-electron chi connectivity index (χ2n) is 4.81. The van der Waals surface area contributed by atoms with Crippen LogP contribution in [0, 0.1) is 12.8 Å². The van der Waals surface area contributed by atoms with Crippen molar-refractivity contribution in [3.8, 4) is 0 Å². The number of hydrogen-bond donors (Lipinski definition) is 1. The maximum Gasteiger partial charge on any atom is 0.186 e. The van der Waals surface area contributed by atoms with E-state index in [9.17, 15) is 5.11 Å². The van der Waals surface area contributed by atoms with E-state index in [1.807, 2.05) is 6.92 Å². The molecule has 0 saturated carbocycles. The summed E-state index contributed by atoms with van der Waals surface area (Å²) >= 11 is 1.64. The van der Waals surface area contributed by atoms with Gasteiger partial charge in [-0.2, -0.15) is 0 Å². The van der Waals surface area contributed by atoms with E-state index < -0.39 is 0 Å². The molecule has 0 aliphatic carbocycles. The third kappa shape index (κ3) is 2.09. The molecule has 2 rings (SSSR count). The fraction of sp³-hybridized carbons (Fsp3) is 0.750. The minimum absolute atomic E-state index is 0.115. The first-order valence-corrected chi connectivity index (χ1v) is 6.79. The van der Waals surface area contributed by atoms with E-state index in [-0.39, 0.29) is 6.61 Å². The lowest BCUT2D eigenvalue weighted by atomic mass is 10.0. The van der Waals surface area contributed by atoms with E-state index in [1.165, 1.54) is 12.8 Å². The lowest BCUT2D eigenvalue weighted by Crippen LogP contribution is -2.33. The van der Waals surface area contributed by atoms with Gasteiger partial charge in [-0.1, -0.05) is 25.2 Å². The quantitative estimate of drug-likeness (QED) is 0.882. The van der Waals surface area contributed by atoms with Crippen LogP contribution in [-0.4, -0.2) is 22.7 Å². The summed E-state index contributed by atoms with van der Waals surface area (Å²) in [7, 11) is 0. The highest BCUT2D eigenvalue weighted by Gasteiger charge is 2.29. The molecule has 90 valence electrons. The molecule has 0 bridgehead atoms. The zero-order valence-corrected chi connectivity index (χ0v) is 11.0. The van der Waals surface area contributed by atoms with Crippen molar-refractivity contribution in [3.63, 3.8) is 0 Å². The van der Waals surface area contributed by atoms with E-state index >= 15 is 0 Å². The molecule has 1 fully saturated rings. The van der Waals surface area contributed by atoms with Crippen molar-refractivity contribution in [2.45, 2.75) is 46.3 Å². The minimum atomic E-state index is 0.115. The molecule has 0 aromatic carbocycles. The van der Waals surface area contributed by atoms with Crippen LogP contribution in [0.1, 0.15) is 37.3 Å². The van der Waals surface area contributed by atoms with Crippen molar-refractivity contribution in [2.24, 2.45) is 5.92 Å². The fourth-order valence-electron chi connectivity index (χ4n) is 2.41. The smallest absolute Gasteiger partial charge is 0.186 e. The van der Waals surface area contributed by atoms with Crippen LogP contribution >= 0.6 is 11.3 Å². The minimum Gasteiger partial charge on any atom is -0.391 e. The number of aliphatic hydroxyl groups is 1. The van der Waals surface area contributed by atoms with Gasteiger partial charge in [0.15, 0.2) is 5.13 Å². The van der Waals surface area contributed by atoms with Crippen LogP contribution in [0.5, 0.6) is 0 Å². The van der Waals surface area contributed by atoms with Gasteiger partial charge in [0.05, 0.1) is 17.2 Å². The van der Waals surface area contributed by atoms with Crippen molar-refractivity contribution in [1.82, 2.24) is 4.98 Å². The van der Waals surface area contributed by atoms with Gasteiger partial charge in [0, 0.05) is 12.6 Å².